The largest absolute Gasteiger partial charge is 0.298 e. The molecule has 0 heterocycles. The molecule has 0 aliphatic carbocycles. The summed E-state index contributed by atoms with van der Waals surface area (Å²) in [5.74, 6) is 0. The molecule has 2 rings (SSSR count). The molecule has 0 N–H and O–H groups in total. The van der Waals surface area contributed by atoms with E-state index in [0.717, 1.165) is 5.39 Å². The Hall–Kier alpha value is -1.96. The van der Waals surface area contributed by atoms with Crippen molar-refractivity contribution in [3.63, 3.8) is 0 Å². The maximum atomic E-state index is 11.6. The molecule has 0 atom stereocenters. The third-order valence-corrected chi connectivity index (χ3v) is 2.14. The number of aldehydes is 1. The molecular formula is C12H8O2. The maximum absolute atomic E-state index is 11.6. The topological polar surface area (TPSA) is 34.1 Å². The molecule has 0 unspecified atom stereocenters. The fraction of sp³-hybridized carbons (Fsp3) is 0. The Kier molecular flexibility index (Phi) is 2.11. The quantitative estimate of drug-likeness (QED) is 0.635. The van der Waals surface area contributed by atoms with Crippen molar-refractivity contribution in [1.82, 2.24) is 0 Å². The summed E-state index contributed by atoms with van der Waals surface area (Å²) < 4.78 is 0. The van der Waals surface area contributed by atoms with Crippen LogP contribution in [0.2, 0.25) is 0 Å². The minimum Gasteiger partial charge on any atom is -0.298 e. The van der Waals surface area contributed by atoms with Gasteiger partial charge in [-0.25, -0.2) is 0 Å². The standard InChI is InChI=1S/C12H8O2/c13-8-10-6-3-5-9-4-1-2-7-11(14)12(9)10/h1-8H. The lowest BCUT2D eigenvalue weighted by molar-refractivity contribution is 0.112. The van der Waals surface area contributed by atoms with E-state index in [1.807, 2.05) is 12.1 Å². The lowest BCUT2D eigenvalue weighted by Gasteiger charge is -1.94. The Bertz CT molecular complexity index is 544. The SMILES string of the molecule is O=Cc1cccc2ccccc(=O)c12. The molecule has 0 aliphatic rings. The Morgan fingerprint density at radius 1 is 0.929 bits per heavy atom. The molecule has 0 spiro atoms. The number of fused-ring (bicyclic) bond motifs is 1. The molecule has 2 nitrogen and oxygen atoms in total. The zero-order valence-electron chi connectivity index (χ0n) is 7.44. The highest BCUT2D eigenvalue weighted by molar-refractivity contribution is 5.97. The van der Waals surface area contributed by atoms with Crippen molar-refractivity contribution in [1.29, 1.82) is 0 Å². The van der Waals surface area contributed by atoms with Crippen molar-refractivity contribution in [3.05, 3.63) is 58.3 Å². The predicted octanol–water partition coefficient (Wildman–Crippen LogP) is 2.01. The predicted molar refractivity (Wildman–Crippen MR) is 55.6 cm³/mol. The highest BCUT2D eigenvalue weighted by atomic mass is 16.1. The Labute approximate surface area is 80.8 Å². The van der Waals surface area contributed by atoms with Crippen molar-refractivity contribution in [2.24, 2.45) is 0 Å². The van der Waals surface area contributed by atoms with E-state index in [0.29, 0.717) is 17.2 Å². The zero-order valence-corrected chi connectivity index (χ0v) is 7.44. The van der Waals surface area contributed by atoms with Gasteiger partial charge in [0.25, 0.3) is 0 Å². The van der Waals surface area contributed by atoms with Crippen LogP contribution in [0, 0.1) is 0 Å². The van der Waals surface area contributed by atoms with Crippen LogP contribution in [-0.4, -0.2) is 6.29 Å². The van der Waals surface area contributed by atoms with Crippen LogP contribution in [-0.2, 0) is 0 Å². The Morgan fingerprint density at radius 2 is 1.64 bits per heavy atom. The van der Waals surface area contributed by atoms with Gasteiger partial charge >= 0.3 is 0 Å². The molecule has 2 heteroatoms. The number of hydrogen-bond donors (Lipinski definition) is 0. The highest BCUT2D eigenvalue weighted by Gasteiger charge is 2.00. The van der Waals surface area contributed by atoms with E-state index in [-0.39, 0.29) is 5.43 Å². The molecule has 68 valence electrons. The number of hydrogen-bond acceptors (Lipinski definition) is 2. The molecule has 0 aromatic heterocycles. The van der Waals surface area contributed by atoms with Crippen molar-refractivity contribution in [2.75, 3.05) is 0 Å². The molecule has 0 aliphatic heterocycles. The van der Waals surface area contributed by atoms with Crippen LogP contribution in [0.4, 0.5) is 0 Å². The van der Waals surface area contributed by atoms with Gasteiger partial charge in [-0.05, 0) is 11.5 Å². The minimum atomic E-state index is -0.118. The molecule has 0 fully saturated rings. The first kappa shape index (κ1) is 8.63. The zero-order chi connectivity index (χ0) is 9.97. The lowest BCUT2D eigenvalue weighted by Crippen LogP contribution is -1.98. The van der Waals surface area contributed by atoms with E-state index in [1.54, 1.807) is 24.3 Å². The lowest BCUT2D eigenvalue weighted by atomic mass is 10.1. The molecule has 14 heavy (non-hydrogen) atoms. The van der Waals surface area contributed by atoms with Crippen LogP contribution in [0.15, 0.2) is 47.3 Å². The molecule has 0 radical (unpaired) electrons. The second-order valence-corrected chi connectivity index (χ2v) is 3.01. The molecule has 0 amide bonds. The first-order valence-corrected chi connectivity index (χ1v) is 4.30. The summed E-state index contributed by atoms with van der Waals surface area (Å²) in [7, 11) is 0. The van der Waals surface area contributed by atoms with Crippen LogP contribution in [0.3, 0.4) is 0 Å². The maximum Gasteiger partial charge on any atom is 0.187 e. The van der Waals surface area contributed by atoms with Gasteiger partial charge in [0.05, 0.1) is 0 Å². The highest BCUT2D eigenvalue weighted by Crippen LogP contribution is 2.11. The van der Waals surface area contributed by atoms with Gasteiger partial charge in [0.2, 0.25) is 0 Å². The number of rotatable bonds is 1. The van der Waals surface area contributed by atoms with E-state index in [2.05, 4.69) is 0 Å². The molecular weight excluding hydrogens is 176 g/mol. The van der Waals surface area contributed by atoms with E-state index >= 15 is 0 Å². The Morgan fingerprint density at radius 3 is 2.43 bits per heavy atom. The summed E-state index contributed by atoms with van der Waals surface area (Å²) in [4.78, 5) is 22.3. The van der Waals surface area contributed by atoms with Gasteiger partial charge in [-0.3, -0.25) is 9.59 Å². The summed E-state index contributed by atoms with van der Waals surface area (Å²) in [6.07, 6.45) is 0.712. The average molecular weight is 184 g/mol. The summed E-state index contributed by atoms with van der Waals surface area (Å²) in [5, 5.41) is 1.29. The van der Waals surface area contributed by atoms with Gasteiger partial charge in [0, 0.05) is 10.9 Å². The van der Waals surface area contributed by atoms with Crippen LogP contribution >= 0.6 is 0 Å². The molecule has 0 saturated heterocycles. The van der Waals surface area contributed by atoms with Gasteiger partial charge < -0.3 is 0 Å². The van der Waals surface area contributed by atoms with Gasteiger partial charge in [0.1, 0.15) is 0 Å². The summed E-state index contributed by atoms with van der Waals surface area (Å²) >= 11 is 0. The van der Waals surface area contributed by atoms with Gasteiger partial charge in [-0.15, -0.1) is 0 Å². The van der Waals surface area contributed by atoms with Gasteiger partial charge in [-0.2, -0.15) is 0 Å². The molecule has 0 bridgehead atoms. The van der Waals surface area contributed by atoms with Crippen molar-refractivity contribution >= 4 is 17.1 Å². The van der Waals surface area contributed by atoms with Crippen molar-refractivity contribution < 1.29 is 4.79 Å². The molecule has 2 aromatic carbocycles. The first-order chi connectivity index (χ1) is 6.83. The smallest absolute Gasteiger partial charge is 0.187 e. The monoisotopic (exact) mass is 184 g/mol. The van der Waals surface area contributed by atoms with E-state index < -0.39 is 0 Å². The van der Waals surface area contributed by atoms with Crippen LogP contribution in [0.25, 0.3) is 10.8 Å². The fourth-order valence-corrected chi connectivity index (χ4v) is 1.50. The van der Waals surface area contributed by atoms with Gasteiger partial charge in [0.15, 0.2) is 11.7 Å². The third kappa shape index (κ3) is 1.31. The summed E-state index contributed by atoms with van der Waals surface area (Å²) in [6.45, 7) is 0. The average Bonchev–Trinajstić information content (AvgIpc) is 2.40. The minimum absolute atomic E-state index is 0.118. The summed E-state index contributed by atoms with van der Waals surface area (Å²) in [5.41, 5.74) is 0.330. The fourth-order valence-electron chi connectivity index (χ4n) is 1.50. The third-order valence-electron chi connectivity index (χ3n) is 2.14. The number of carbonyl (C=O) groups is 1. The van der Waals surface area contributed by atoms with Gasteiger partial charge in [-0.1, -0.05) is 36.4 Å². The first-order valence-electron chi connectivity index (χ1n) is 4.30. The van der Waals surface area contributed by atoms with Crippen LogP contribution in [0.1, 0.15) is 10.4 Å². The second kappa shape index (κ2) is 3.42. The summed E-state index contributed by atoms with van der Waals surface area (Å²) in [6, 6.07) is 12.0. The van der Waals surface area contributed by atoms with Crippen LogP contribution < -0.4 is 5.43 Å². The van der Waals surface area contributed by atoms with Crippen molar-refractivity contribution in [3.8, 4) is 0 Å². The number of benzene rings is 1. The Balaban J connectivity index is 3.08. The van der Waals surface area contributed by atoms with E-state index in [9.17, 15) is 9.59 Å². The molecule has 2 aromatic rings. The van der Waals surface area contributed by atoms with Crippen molar-refractivity contribution in [2.45, 2.75) is 0 Å². The number of carbonyl (C=O) groups excluding carboxylic acids is 1. The normalized spacial score (nSPS) is 10.0. The van der Waals surface area contributed by atoms with E-state index in [4.69, 9.17) is 0 Å². The molecule has 0 saturated carbocycles. The van der Waals surface area contributed by atoms with E-state index in [1.165, 1.54) is 6.07 Å². The van der Waals surface area contributed by atoms with Crippen LogP contribution in [0.5, 0.6) is 0 Å². The second-order valence-electron chi connectivity index (χ2n) is 3.01.